The molecule has 2 saturated heterocycles. The van der Waals surface area contributed by atoms with Crippen LogP contribution in [0.5, 0.6) is 0 Å². The molecule has 1 N–H and O–H groups in total. The van der Waals surface area contributed by atoms with Gasteiger partial charge in [-0.05, 0) is 38.5 Å². The van der Waals surface area contributed by atoms with Crippen LogP contribution >= 0.6 is 0 Å². The van der Waals surface area contributed by atoms with Gasteiger partial charge in [0.1, 0.15) is 0 Å². The van der Waals surface area contributed by atoms with Crippen LogP contribution in [-0.4, -0.2) is 38.0 Å². The standard InChI is InChI=1S/C16H29NO2/c1-11(12-6-9-18-10-7-12)17-14-13-5-4-8-19-15(13)16(14,2)3/h11-15,17H,4-10H2,1-3H3. The average molecular weight is 267 g/mol. The number of ether oxygens (including phenoxy) is 2. The van der Waals surface area contributed by atoms with E-state index in [4.69, 9.17) is 9.47 Å². The van der Waals surface area contributed by atoms with Gasteiger partial charge < -0.3 is 14.8 Å². The zero-order chi connectivity index (χ0) is 13.5. The molecule has 0 amide bonds. The summed E-state index contributed by atoms with van der Waals surface area (Å²) in [6.07, 6.45) is 5.49. The maximum atomic E-state index is 5.99. The van der Waals surface area contributed by atoms with E-state index in [1.165, 1.54) is 25.7 Å². The fraction of sp³-hybridized carbons (Fsp3) is 1.00. The Morgan fingerprint density at radius 2 is 1.84 bits per heavy atom. The lowest BCUT2D eigenvalue weighted by Crippen LogP contribution is -2.70. The smallest absolute Gasteiger partial charge is 0.0684 e. The van der Waals surface area contributed by atoms with E-state index in [1.807, 2.05) is 0 Å². The van der Waals surface area contributed by atoms with Crippen LogP contribution in [0.1, 0.15) is 46.5 Å². The zero-order valence-electron chi connectivity index (χ0n) is 12.7. The zero-order valence-corrected chi connectivity index (χ0v) is 12.7. The Morgan fingerprint density at radius 1 is 1.11 bits per heavy atom. The van der Waals surface area contributed by atoms with Gasteiger partial charge in [-0.15, -0.1) is 0 Å². The molecule has 0 bridgehead atoms. The molecule has 4 unspecified atom stereocenters. The predicted molar refractivity (Wildman–Crippen MR) is 76.2 cm³/mol. The van der Waals surface area contributed by atoms with E-state index in [1.54, 1.807) is 0 Å². The van der Waals surface area contributed by atoms with Crippen molar-refractivity contribution in [3.8, 4) is 0 Å². The molecule has 3 heteroatoms. The van der Waals surface area contributed by atoms with E-state index < -0.39 is 0 Å². The number of nitrogens with one attached hydrogen (secondary N) is 1. The van der Waals surface area contributed by atoms with E-state index in [-0.39, 0.29) is 0 Å². The quantitative estimate of drug-likeness (QED) is 0.852. The monoisotopic (exact) mass is 267 g/mol. The molecule has 0 aromatic carbocycles. The van der Waals surface area contributed by atoms with Crippen LogP contribution in [0, 0.1) is 17.3 Å². The summed E-state index contributed by atoms with van der Waals surface area (Å²) in [4.78, 5) is 0. The minimum absolute atomic E-state index is 0.296. The van der Waals surface area contributed by atoms with Gasteiger partial charge in [0, 0.05) is 43.2 Å². The van der Waals surface area contributed by atoms with Crippen molar-refractivity contribution < 1.29 is 9.47 Å². The van der Waals surface area contributed by atoms with Crippen LogP contribution in [0.15, 0.2) is 0 Å². The lowest BCUT2D eigenvalue weighted by atomic mass is 9.55. The molecular formula is C16H29NO2. The molecule has 0 spiro atoms. The van der Waals surface area contributed by atoms with Crippen molar-refractivity contribution >= 4 is 0 Å². The highest BCUT2D eigenvalue weighted by Crippen LogP contribution is 2.51. The summed E-state index contributed by atoms with van der Waals surface area (Å²) >= 11 is 0. The maximum absolute atomic E-state index is 5.99. The first kappa shape index (κ1) is 13.8. The fourth-order valence-corrected chi connectivity index (χ4v) is 4.50. The van der Waals surface area contributed by atoms with Crippen LogP contribution in [0.3, 0.4) is 0 Å². The number of hydrogen-bond donors (Lipinski definition) is 1. The molecular weight excluding hydrogens is 238 g/mol. The second-order valence-corrected chi connectivity index (χ2v) is 7.30. The van der Waals surface area contributed by atoms with Crippen molar-refractivity contribution in [3.05, 3.63) is 0 Å². The van der Waals surface area contributed by atoms with Crippen LogP contribution in [0.2, 0.25) is 0 Å². The first-order valence-electron chi connectivity index (χ1n) is 8.06. The highest BCUT2D eigenvalue weighted by atomic mass is 16.5. The first-order valence-corrected chi connectivity index (χ1v) is 8.06. The topological polar surface area (TPSA) is 30.5 Å². The minimum atomic E-state index is 0.296. The van der Waals surface area contributed by atoms with E-state index in [0.29, 0.717) is 23.6 Å². The molecule has 3 fully saturated rings. The largest absolute Gasteiger partial charge is 0.381 e. The van der Waals surface area contributed by atoms with Crippen molar-refractivity contribution in [2.24, 2.45) is 17.3 Å². The van der Waals surface area contributed by atoms with Crippen LogP contribution in [0.4, 0.5) is 0 Å². The molecule has 1 aliphatic carbocycles. The molecule has 19 heavy (non-hydrogen) atoms. The summed E-state index contributed by atoms with van der Waals surface area (Å²) in [5, 5.41) is 3.94. The molecule has 3 aliphatic rings. The van der Waals surface area contributed by atoms with Crippen LogP contribution in [-0.2, 0) is 9.47 Å². The SMILES string of the molecule is CC(NC1C2CCCOC2C1(C)C)C1CCOCC1. The Morgan fingerprint density at radius 3 is 2.58 bits per heavy atom. The lowest BCUT2D eigenvalue weighted by molar-refractivity contribution is -0.195. The molecule has 3 nitrogen and oxygen atoms in total. The molecule has 2 aliphatic heterocycles. The Bertz CT molecular complexity index is 312. The summed E-state index contributed by atoms with van der Waals surface area (Å²) in [5.74, 6) is 1.53. The van der Waals surface area contributed by atoms with Gasteiger partial charge in [0.15, 0.2) is 0 Å². The molecule has 4 atom stereocenters. The molecule has 1 saturated carbocycles. The Hall–Kier alpha value is -0.120. The number of rotatable bonds is 3. The molecule has 0 aromatic rings. The summed E-state index contributed by atoms with van der Waals surface area (Å²) in [6.45, 7) is 9.96. The van der Waals surface area contributed by atoms with E-state index in [9.17, 15) is 0 Å². The number of hydrogen-bond acceptors (Lipinski definition) is 3. The van der Waals surface area contributed by atoms with Crippen molar-refractivity contribution in [2.45, 2.75) is 64.6 Å². The van der Waals surface area contributed by atoms with Crippen molar-refractivity contribution in [3.63, 3.8) is 0 Å². The Labute approximate surface area is 117 Å². The summed E-state index contributed by atoms with van der Waals surface area (Å²) in [5.41, 5.74) is 0.296. The summed E-state index contributed by atoms with van der Waals surface area (Å²) < 4.78 is 11.5. The van der Waals surface area contributed by atoms with Gasteiger partial charge in [-0.25, -0.2) is 0 Å². The Kier molecular flexibility index (Phi) is 3.89. The molecule has 0 radical (unpaired) electrons. The van der Waals surface area contributed by atoms with Crippen LogP contribution in [0.25, 0.3) is 0 Å². The van der Waals surface area contributed by atoms with E-state index in [0.717, 1.165) is 31.7 Å². The number of fused-ring (bicyclic) bond motifs is 1. The van der Waals surface area contributed by atoms with Crippen molar-refractivity contribution in [1.82, 2.24) is 5.32 Å². The normalized spacial score (nSPS) is 40.3. The molecule has 2 heterocycles. The predicted octanol–water partition coefficient (Wildman–Crippen LogP) is 2.59. The second-order valence-electron chi connectivity index (χ2n) is 7.30. The van der Waals surface area contributed by atoms with Gasteiger partial charge in [-0.1, -0.05) is 13.8 Å². The van der Waals surface area contributed by atoms with Gasteiger partial charge in [0.05, 0.1) is 6.10 Å². The third-order valence-corrected chi connectivity index (χ3v) is 5.75. The fourth-order valence-electron chi connectivity index (χ4n) is 4.50. The maximum Gasteiger partial charge on any atom is 0.0684 e. The van der Waals surface area contributed by atoms with Gasteiger partial charge in [0.25, 0.3) is 0 Å². The van der Waals surface area contributed by atoms with Gasteiger partial charge in [-0.2, -0.15) is 0 Å². The molecule has 110 valence electrons. The van der Waals surface area contributed by atoms with Gasteiger partial charge >= 0.3 is 0 Å². The Balaban J connectivity index is 1.59. The average Bonchev–Trinajstić information content (AvgIpc) is 2.45. The highest BCUT2D eigenvalue weighted by molar-refractivity contribution is 5.10. The summed E-state index contributed by atoms with van der Waals surface area (Å²) in [7, 11) is 0. The van der Waals surface area contributed by atoms with E-state index >= 15 is 0 Å². The summed E-state index contributed by atoms with van der Waals surface area (Å²) in [6, 6.07) is 1.24. The second kappa shape index (κ2) is 5.34. The lowest BCUT2D eigenvalue weighted by Gasteiger charge is -2.61. The van der Waals surface area contributed by atoms with Crippen molar-refractivity contribution in [1.29, 1.82) is 0 Å². The van der Waals surface area contributed by atoms with Crippen molar-refractivity contribution in [2.75, 3.05) is 19.8 Å². The minimum Gasteiger partial charge on any atom is -0.381 e. The molecule has 0 aromatic heterocycles. The third-order valence-electron chi connectivity index (χ3n) is 5.75. The first-order chi connectivity index (χ1) is 9.10. The van der Waals surface area contributed by atoms with Gasteiger partial charge in [0.2, 0.25) is 0 Å². The van der Waals surface area contributed by atoms with Gasteiger partial charge in [-0.3, -0.25) is 0 Å². The third kappa shape index (κ3) is 2.45. The highest BCUT2D eigenvalue weighted by Gasteiger charge is 2.58. The van der Waals surface area contributed by atoms with Crippen LogP contribution < -0.4 is 5.32 Å². The molecule has 3 rings (SSSR count). The van der Waals surface area contributed by atoms with E-state index in [2.05, 4.69) is 26.1 Å².